The largest absolute Gasteiger partial charge is 0.453 e. The minimum Gasteiger partial charge on any atom is -0.453 e. The summed E-state index contributed by atoms with van der Waals surface area (Å²) in [5.41, 5.74) is 13.6. The van der Waals surface area contributed by atoms with Gasteiger partial charge in [-0.15, -0.1) is 0 Å². The summed E-state index contributed by atoms with van der Waals surface area (Å²) < 4.78 is 9.70. The number of alkyl carbamates (subject to hydrolysis) is 2. The number of carbonyl (C=O) groups excluding carboxylic acids is 4. The molecule has 3 N–H and O–H groups in total. The molecule has 4 amide bonds. The van der Waals surface area contributed by atoms with E-state index in [4.69, 9.17) is 19.5 Å². The van der Waals surface area contributed by atoms with Crippen molar-refractivity contribution in [2.45, 2.75) is 101 Å². The topological polar surface area (TPSA) is 158 Å². The Morgan fingerprint density at radius 3 is 2.02 bits per heavy atom. The van der Waals surface area contributed by atoms with Gasteiger partial charge in [0, 0.05) is 31.4 Å². The number of methoxy groups -OCH3 is 2. The molecule has 5 aromatic rings. The third kappa shape index (κ3) is 7.92. The van der Waals surface area contributed by atoms with Crippen molar-refractivity contribution in [3.05, 3.63) is 119 Å². The molecule has 5 aliphatic rings. The lowest BCUT2D eigenvalue weighted by Crippen LogP contribution is -2.53. The number of aliphatic imine (C=N–C) groups is 1. The van der Waals surface area contributed by atoms with Gasteiger partial charge in [-0.1, -0.05) is 86.6 Å². The van der Waals surface area contributed by atoms with Crippen molar-refractivity contribution in [2.24, 2.45) is 10.9 Å². The fourth-order valence-corrected chi connectivity index (χ4v) is 11.4. The molecule has 10 rings (SSSR count). The smallest absolute Gasteiger partial charge is 0.407 e. The number of imidazole rings is 1. The maximum Gasteiger partial charge on any atom is 0.407 e. The van der Waals surface area contributed by atoms with Crippen LogP contribution in [0.15, 0.2) is 96.1 Å². The van der Waals surface area contributed by atoms with E-state index in [1.807, 2.05) is 60.2 Å². The third-order valence-electron chi connectivity index (χ3n) is 14.7. The Bertz CT molecular complexity index is 2760. The van der Waals surface area contributed by atoms with Crippen molar-refractivity contribution in [3.63, 3.8) is 0 Å². The van der Waals surface area contributed by atoms with Gasteiger partial charge in [-0.2, -0.15) is 0 Å². The highest BCUT2D eigenvalue weighted by atomic mass is 16.5. The lowest BCUT2D eigenvalue weighted by atomic mass is 9.81. The molecule has 2 saturated heterocycles. The van der Waals surface area contributed by atoms with Crippen LogP contribution in [0.2, 0.25) is 0 Å². The van der Waals surface area contributed by atoms with Crippen molar-refractivity contribution in [2.75, 3.05) is 27.3 Å². The summed E-state index contributed by atoms with van der Waals surface area (Å²) in [4.78, 5) is 69.5. The lowest BCUT2D eigenvalue weighted by Gasteiger charge is -2.31. The van der Waals surface area contributed by atoms with Crippen molar-refractivity contribution in [1.29, 1.82) is 0 Å². The number of aromatic amines is 1. The molecule has 66 heavy (non-hydrogen) atoms. The van der Waals surface area contributed by atoms with Crippen LogP contribution in [-0.4, -0.2) is 88.9 Å². The number of amides is 4. The predicted molar refractivity (Wildman–Crippen MR) is 254 cm³/mol. The molecule has 340 valence electrons. The van der Waals surface area contributed by atoms with Crippen LogP contribution in [0.3, 0.4) is 0 Å². The third-order valence-corrected chi connectivity index (χ3v) is 14.7. The second kappa shape index (κ2) is 17.9. The van der Waals surface area contributed by atoms with Crippen LogP contribution in [-0.2, 0) is 19.1 Å². The molecule has 1 aromatic heterocycles. The maximum absolute atomic E-state index is 14.1. The number of likely N-dealkylation sites (tertiary alicyclic amines) is 2. The summed E-state index contributed by atoms with van der Waals surface area (Å²) in [6.07, 6.45) is 8.30. The summed E-state index contributed by atoms with van der Waals surface area (Å²) in [7, 11) is 2.61. The van der Waals surface area contributed by atoms with E-state index in [0.29, 0.717) is 36.9 Å². The first-order valence-electron chi connectivity index (χ1n) is 23.5. The normalized spacial score (nSPS) is 21.7. The van der Waals surface area contributed by atoms with Gasteiger partial charge in [0.05, 0.1) is 37.3 Å². The second-order valence-electron chi connectivity index (χ2n) is 18.8. The summed E-state index contributed by atoms with van der Waals surface area (Å²) in [6.45, 7) is 5.07. The highest BCUT2D eigenvalue weighted by molar-refractivity contribution is 6.04. The van der Waals surface area contributed by atoms with Crippen LogP contribution in [0.25, 0.3) is 38.9 Å². The van der Waals surface area contributed by atoms with Gasteiger partial charge in [0.25, 0.3) is 5.91 Å². The number of benzene rings is 4. The first-order valence-corrected chi connectivity index (χ1v) is 23.5. The Morgan fingerprint density at radius 2 is 1.33 bits per heavy atom. The number of hydrogen-bond acceptors (Lipinski definition) is 8. The molecular weight excluding hydrogens is 831 g/mol. The van der Waals surface area contributed by atoms with Crippen LogP contribution in [0.5, 0.6) is 0 Å². The molecule has 13 heteroatoms. The zero-order valence-electron chi connectivity index (χ0n) is 38.0. The number of nitrogens with one attached hydrogen (secondary N) is 3. The molecule has 13 nitrogen and oxygen atoms in total. The molecule has 2 bridgehead atoms. The van der Waals surface area contributed by atoms with E-state index in [1.165, 1.54) is 61.3 Å². The minimum absolute atomic E-state index is 0.0848. The first-order chi connectivity index (χ1) is 32.1. The van der Waals surface area contributed by atoms with Crippen molar-refractivity contribution >= 4 is 46.3 Å². The number of fused-ring (bicyclic) bond motifs is 6. The van der Waals surface area contributed by atoms with Gasteiger partial charge in [-0.25, -0.2) is 14.6 Å². The monoisotopic (exact) mass is 887 g/mol. The van der Waals surface area contributed by atoms with Gasteiger partial charge in [-0.3, -0.25) is 14.6 Å². The van der Waals surface area contributed by atoms with Gasteiger partial charge in [0.15, 0.2) is 0 Å². The number of H-pyrrole nitrogens is 1. The van der Waals surface area contributed by atoms with E-state index >= 15 is 0 Å². The van der Waals surface area contributed by atoms with Gasteiger partial charge < -0.3 is 34.9 Å². The van der Waals surface area contributed by atoms with E-state index in [2.05, 4.69) is 70.2 Å². The van der Waals surface area contributed by atoms with Crippen molar-refractivity contribution < 1.29 is 28.7 Å². The van der Waals surface area contributed by atoms with Crippen LogP contribution < -0.4 is 10.6 Å². The van der Waals surface area contributed by atoms with E-state index in [9.17, 15) is 19.2 Å². The molecule has 0 spiro atoms. The summed E-state index contributed by atoms with van der Waals surface area (Å²) in [5.74, 6) is 1.44. The highest BCUT2D eigenvalue weighted by Crippen LogP contribution is 2.58. The quantitative estimate of drug-likeness (QED) is 0.119. The molecule has 3 fully saturated rings. The van der Waals surface area contributed by atoms with Gasteiger partial charge >= 0.3 is 12.2 Å². The first kappa shape index (κ1) is 43.1. The molecule has 4 heterocycles. The van der Waals surface area contributed by atoms with Gasteiger partial charge in [0.1, 0.15) is 17.9 Å². The second-order valence-corrected chi connectivity index (χ2v) is 18.8. The van der Waals surface area contributed by atoms with Crippen LogP contribution in [0, 0.1) is 5.92 Å². The molecular formula is C53H57N7O6. The average Bonchev–Trinajstić information content (AvgIpc) is 4.21. The number of aromatic nitrogens is 2. The van der Waals surface area contributed by atoms with Crippen molar-refractivity contribution in [3.8, 4) is 22.3 Å². The molecule has 4 aromatic carbocycles. The fraction of sp³-hybridized carbons (Fsp3) is 0.396. The van der Waals surface area contributed by atoms with Crippen LogP contribution in [0.1, 0.15) is 117 Å². The Hall–Kier alpha value is -6.76. The Balaban J connectivity index is 0.865. The van der Waals surface area contributed by atoms with Crippen molar-refractivity contribution in [1.82, 2.24) is 30.4 Å². The van der Waals surface area contributed by atoms with Gasteiger partial charge in [0.2, 0.25) is 5.91 Å². The van der Waals surface area contributed by atoms with Crippen LogP contribution >= 0.6 is 0 Å². The molecule has 3 aliphatic heterocycles. The standard InChI is InChI=1S/C53H57N7O6/c1-30(2)47(57-52(63)65-3)50(61)59-24-8-12-43(59)42-28-37(29-54-42)31-14-16-32(17-15-31)38-21-22-39(46-36-19-18-35(26-36)45(38)46)34-20-23-40-41(27-34)56-49(55-40)44-13-9-25-60(44)51(62)48(58-53(64)66-4)33-10-6-5-7-11-33/h5-7,10-11,14-17,20-23,27,29-30,35-36,43-44,47-48H,8-9,12-13,18-19,24-26,28H2,1-4H3,(H,55,56)(H,57,63)(H,58,64)/t35?,36?,43-,44+,47+,48+/m1/s1. The Labute approximate surface area is 385 Å². The number of allylic oxidation sites excluding steroid dienone is 1. The number of hydrogen-bond donors (Lipinski definition) is 3. The van der Waals surface area contributed by atoms with E-state index in [0.717, 1.165) is 65.0 Å². The van der Waals surface area contributed by atoms with E-state index < -0.39 is 24.3 Å². The van der Waals surface area contributed by atoms with E-state index in [1.54, 1.807) is 0 Å². The molecule has 2 aliphatic carbocycles. The average molecular weight is 888 g/mol. The SMILES string of the molecule is COC(=O)N[C@H](C(=O)N1CCC[C@H]1c1nc2ccc(-c3ccc(-c4ccc(C5=CN=C([C@H]6CCCN6C(=O)[C@@H](NC(=O)OC)C(C)C)C5)cc4)c4c3C3CCC4C3)cc2[nH]1)c1ccccc1. The highest BCUT2D eigenvalue weighted by Gasteiger charge is 2.42. The number of carbonyl (C=O) groups is 4. The zero-order valence-corrected chi connectivity index (χ0v) is 38.0. The molecule has 6 atom stereocenters. The minimum atomic E-state index is -0.877. The summed E-state index contributed by atoms with van der Waals surface area (Å²) >= 11 is 0. The molecule has 1 saturated carbocycles. The summed E-state index contributed by atoms with van der Waals surface area (Å²) in [6, 6.07) is 27.4. The van der Waals surface area contributed by atoms with E-state index in [-0.39, 0.29) is 29.8 Å². The molecule has 0 radical (unpaired) electrons. The molecule has 2 unspecified atom stereocenters. The lowest BCUT2D eigenvalue weighted by molar-refractivity contribution is -0.135. The summed E-state index contributed by atoms with van der Waals surface area (Å²) in [5, 5.41) is 5.50. The predicted octanol–water partition coefficient (Wildman–Crippen LogP) is 9.58. The fourth-order valence-electron chi connectivity index (χ4n) is 11.4. The van der Waals surface area contributed by atoms with Gasteiger partial charge in [-0.05, 0) is 125 Å². The Kier molecular flexibility index (Phi) is 11.7. The maximum atomic E-state index is 14.1. The number of rotatable bonds is 11. The Morgan fingerprint density at radius 1 is 0.712 bits per heavy atom. The number of nitrogens with zero attached hydrogens (tertiary/aromatic N) is 4. The number of ether oxygens (including phenoxy) is 2. The zero-order chi connectivity index (χ0) is 45.6. The van der Waals surface area contributed by atoms with Crippen LogP contribution in [0.4, 0.5) is 9.59 Å².